The van der Waals surface area contributed by atoms with E-state index in [-0.39, 0.29) is 18.9 Å². The van der Waals surface area contributed by atoms with E-state index in [1.54, 1.807) is 30.3 Å². The van der Waals surface area contributed by atoms with E-state index in [0.717, 1.165) is 33.7 Å². The van der Waals surface area contributed by atoms with Crippen molar-refractivity contribution in [1.29, 1.82) is 0 Å². The van der Waals surface area contributed by atoms with Crippen LogP contribution in [-0.2, 0) is 32.6 Å². The maximum Gasteiger partial charge on any atom is 0.244 e. The van der Waals surface area contributed by atoms with Crippen LogP contribution in [0.1, 0.15) is 35.6 Å². The largest absolute Gasteiger partial charge is 0.354 e. The molecule has 0 aliphatic heterocycles. The molecule has 0 aliphatic carbocycles. The van der Waals surface area contributed by atoms with Gasteiger partial charge in [0, 0.05) is 19.5 Å². The van der Waals surface area contributed by atoms with Crippen molar-refractivity contribution in [2.75, 3.05) is 23.7 Å². The first-order valence-corrected chi connectivity index (χ1v) is 15.6. The third kappa shape index (κ3) is 8.71. The van der Waals surface area contributed by atoms with Crippen molar-refractivity contribution in [2.24, 2.45) is 0 Å². The number of nitrogens with zero attached hydrogens (tertiary/aromatic N) is 2. The van der Waals surface area contributed by atoms with Crippen molar-refractivity contribution < 1.29 is 18.0 Å². The summed E-state index contributed by atoms with van der Waals surface area (Å²) in [5.41, 5.74) is 3.63. The van der Waals surface area contributed by atoms with E-state index in [1.165, 1.54) is 4.90 Å². The van der Waals surface area contributed by atoms with Crippen LogP contribution >= 0.6 is 23.2 Å². The van der Waals surface area contributed by atoms with Gasteiger partial charge in [-0.3, -0.25) is 13.9 Å². The molecule has 3 aromatic rings. The number of anilines is 1. The van der Waals surface area contributed by atoms with Crippen LogP contribution in [0.4, 0.5) is 5.69 Å². The number of carbonyl (C=O) groups is 2. The second-order valence-electron chi connectivity index (χ2n) is 9.88. The second-order valence-corrected chi connectivity index (χ2v) is 12.6. The van der Waals surface area contributed by atoms with Crippen molar-refractivity contribution in [3.8, 4) is 0 Å². The molecule has 3 rings (SSSR count). The second kappa shape index (κ2) is 14.0. The zero-order valence-electron chi connectivity index (χ0n) is 23.2. The summed E-state index contributed by atoms with van der Waals surface area (Å²) in [7, 11) is -3.84. The fraction of sp³-hybridized carbons (Fsp3) is 0.333. The minimum Gasteiger partial charge on any atom is -0.354 e. The Labute approximate surface area is 247 Å². The Morgan fingerprint density at radius 2 is 1.55 bits per heavy atom. The van der Waals surface area contributed by atoms with E-state index in [1.807, 2.05) is 57.2 Å². The van der Waals surface area contributed by atoms with Gasteiger partial charge in [0.2, 0.25) is 21.8 Å². The minimum atomic E-state index is -3.84. The number of hydrogen-bond acceptors (Lipinski definition) is 4. The molecule has 0 saturated carbocycles. The van der Waals surface area contributed by atoms with Gasteiger partial charge in [-0.15, -0.1) is 0 Å². The highest BCUT2D eigenvalue weighted by molar-refractivity contribution is 7.92. The predicted molar refractivity (Wildman–Crippen MR) is 162 cm³/mol. The molecular formula is C30H35Cl2N3O4S. The smallest absolute Gasteiger partial charge is 0.244 e. The number of nitrogens with one attached hydrogen (secondary N) is 1. The number of benzene rings is 3. The van der Waals surface area contributed by atoms with E-state index in [4.69, 9.17) is 23.2 Å². The molecular weight excluding hydrogens is 569 g/mol. The molecule has 0 heterocycles. The first-order chi connectivity index (χ1) is 18.9. The quantitative estimate of drug-likeness (QED) is 0.294. The fourth-order valence-corrected chi connectivity index (χ4v) is 5.62. The standard InChI is InChI=1S/C30H35Cl2N3O4S/c1-5-13-33-30(37)28(18-23-9-7-6-8-10-23)34(19-24-11-12-26(31)27(32)17-24)29(36)20-35(40(4,38)39)25-15-21(2)14-22(3)16-25/h6-12,14-17,28H,5,13,18-20H2,1-4H3,(H,33,37)/t28-/m0/s1. The van der Waals surface area contributed by atoms with Gasteiger partial charge in [-0.2, -0.15) is 0 Å². The monoisotopic (exact) mass is 603 g/mol. The highest BCUT2D eigenvalue weighted by Gasteiger charge is 2.33. The molecule has 2 amide bonds. The number of sulfonamides is 1. The summed E-state index contributed by atoms with van der Waals surface area (Å²) in [6, 6.07) is 18.9. The Hall–Kier alpha value is -3.07. The van der Waals surface area contributed by atoms with Crippen LogP contribution in [0, 0.1) is 13.8 Å². The van der Waals surface area contributed by atoms with Gasteiger partial charge in [-0.25, -0.2) is 8.42 Å². The lowest BCUT2D eigenvalue weighted by Crippen LogP contribution is -2.53. The average molecular weight is 605 g/mol. The minimum absolute atomic E-state index is 0.0250. The molecule has 0 fully saturated rings. The molecule has 0 saturated heterocycles. The van der Waals surface area contributed by atoms with Gasteiger partial charge >= 0.3 is 0 Å². The van der Waals surface area contributed by atoms with Crippen LogP contribution < -0.4 is 9.62 Å². The number of amides is 2. The first-order valence-electron chi connectivity index (χ1n) is 13.0. The van der Waals surface area contributed by atoms with E-state index in [9.17, 15) is 18.0 Å². The molecule has 3 aromatic carbocycles. The Morgan fingerprint density at radius 1 is 0.900 bits per heavy atom. The van der Waals surface area contributed by atoms with Crippen LogP contribution in [0.5, 0.6) is 0 Å². The van der Waals surface area contributed by atoms with E-state index >= 15 is 0 Å². The summed E-state index contributed by atoms with van der Waals surface area (Å²) < 4.78 is 26.9. The molecule has 1 N–H and O–H groups in total. The predicted octanol–water partition coefficient (Wildman–Crippen LogP) is 5.54. The Kier molecular flexibility index (Phi) is 11.0. The molecule has 10 heteroatoms. The summed E-state index contributed by atoms with van der Waals surface area (Å²) in [6.07, 6.45) is 2.03. The van der Waals surface area contributed by atoms with Crippen LogP contribution in [0.25, 0.3) is 0 Å². The number of aryl methyl sites for hydroxylation is 2. The van der Waals surface area contributed by atoms with Gasteiger partial charge in [0.25, 0.3) is 0 Å². The van der Waals surface area contributed by atoms with E-state index < -0.39 is 28.5 Å². The van der Waals surface area contributed by atoms with Crippen LogP contribution in [0.15, 0.2) is 66.7 Å². The normalized spacial score (nSPS) is 12.1. The lowest BCUT2D eigenvalue weighted by Gasteiger charge is -2.33. The summed E-state index contributed by atoms with van der Waals surface area (Å²) >= 11 is 12.4. The van der Waals surface area contributed by atoms with Crippen molar-refractivity contribution in [3.05, 3.63) is 99.0 Å². The highest BCUT2D eigenvalue weighted by atomic mass is 35.5. The topological polar surface area (TPSA) is 86.8 Å². The van der Waals surface area contributed by atoms with Gasteiger partial charge in [-0.05, 0) is 66.8 Å². The van der Waals surface area contributed by atoms with Crippen molar-refractivity contribution in [1.82, 2.24) is 10.2 Å². The molecule has 1 atom stereocenters. The highest BCUT2D eigenvalue weighted by Crippen LogP contribution is 2.26. The molecule has 0 aliphatic rings. The summed E-state index contributed by atoms with van der Waals surface area (Å²) in [6.45, 7) is 5.66. The number of halogens is 2. The third-order valence-corrected chi connectivity index (χ3v) is 8.21. The van der Waals surface area contributed by atoms with Crippen LogP contribution in [0.3, 0.4) is 0 Å². The summed E-state index contributed by atoms with van der Waals surface area (Å²) in [4.78, 5) is 29.0. The Bertz CT molecular complexity index is 1430. The summed E-state index contributed by atoms with van der Waals surface area (Å²) in [5, 5.41) is 3.59. The van der Waals surface area contributed by atoms with Gasteiger partial charge in [-0.1, -0.05) is 72.6 Å². The molecule has 40 heavy (non-hydrogen) atoms. The van der Waals surface area contributed by atoms with Gasteiger partial charge < -0.3 is 10.2 Å². The molecule has 0 aromatic heterocycles. The Balaban J connectivity index is 2.08. The number of rotatable bonds is 12. The number of hydrogen-bond donors (Lipinski definition) is 1. The van der Waals surface area contributed by atoms with Gasteiger partial charge in [0.15, 0.2) is 0 Å². The summed E-state index contributed by atoms with van der Waals surface area (Å²) in [5.74, 6) is -0.848. The van der Waals surface area contributed by atoms with E-state index in [0.29, 0.717) is 27.8 Å². The number of carbonyl (C=O) groups excluding carboxylic acids is 2. The van der Waals surface area contributed by atoms with Crippen molar-refractivity contribution in [3.63, 3.8) is 0 Å². The van der Waals surface area contributed by atoms with E-state index in [2.05, 4.69) is 5.32 Å². The molecule has 0 radical (unpaired) electrons. The molecule has 7 nitrogen and oxygen atoms in total. The zero-order valence-corrected chi connectivity index (χ0v) is 25.5. The van der Waals surface area contributed by atoms with Crippen LogP contribution in [-0.4, -0.2) is 50.5 Å². The maximum absolute atomic E-state index is 14.1. The average Bonchev–Trinajstić information content (AvgIpc) is 2.89. The maximum atomic E-state index is 14.1. The van der Waals surface area contributed by atoms with Gasteiger partial charge in [0.05, 0.1) is 22.0 Å². The molecule has 214 valence electrons. The fourth-order valence-electron chi connectivity index (χ4n) is 4.46. The zero-order chi connectivity index (χ0) is 29.4. The SMILES string of the molecule is CCCNC(=O)[C@H](Cc1ccccc1)N(Cc1ccc(Cl)c(Cl)c1)C(=O)CN(c1cc(C)cc(C)c1)S(C)(=O)=O. The lowest BCUT2D eigenvalue weighted by molar-refractivity contribution is -0.140. The van der Waals surface area contributed by atoms with Crippen molar-refractivity contribution >= 4 is 50.7 Å². The first kappa shape index (κ1) is 31.5. The lowest BCUT2D eigenvalue weighted by atomic mass is 10.0. The third-order valence-electron chi connectivity index (χ3n) is 6.33. The van der Waals surface area contributed by atoms with Crippen LogP contribution in [0.2, 0.25) is 10.0 Å². The Morgan fingerprint density at radius 3 is 2.12 bits per heavy atom. The molecule has 0 bridgehead atoms. The van der Waals surface area contributed by atoms with Crippen molar-refractivity contribution in [2.45, 2.75) is 46.2 Å². The molecule has 0 unspecified atom stereocenters. The molecule has 0 spiro atoms. The van der Waals surface area contributed by atoms with Gasteiger partial charge in [0.1, 0.15) is 12.6 Å².